The largest absolute Gasteiger partial charge is 0.494 e. The molecule has 7 heteroatoms. The van der Waals surface area contributed by atoms with Gasteiger partial charge in [0, 0.05) is 46.6 Å². The molecule has 0 bridgehead atoms. The summed E-state index contributed by atoms with van der Waals surface area (Å²) in [4.78, 5) is 17.6. The van der Waals surface area contributed by atoms with E-state index in [2.05, 4.69) is 15.6 Å². The summed E-state index contributed by atoms with van der Waals surface area (Å²) in [7, 11) is 3.52. The molecule has 0 radical (unpaired) electrons. The van der Waals surface area contributed by atoms with Gasteiger partial charge in [0.05, 0.1) is 6.61 Å². The van der Waals surface area contributed by atoms with E-state index in [1.54, 1.807) is 19.0 Å². The van der Waals surface area contributed by atoms with Gasteiger partial charge in [0.2, 0.25) is 5.91 Å². The Morgan fingerprint density at radius 3 is 2.54 bits per heavy atom. The maximum absolute atomic E-state index is 11.5. The molecule has 0 aromatic heterocycles. The molecule has 0 spiro atoms. The molecule has 1 amide bonds. The summed E-state index contributed by atoms with van der Waals surface area (Å²) < 4.78 is 5.63. The molecule has 0 atom stereocenters. The normalized spacial score (nSPS) is 10.5. The number of hydrogen-bond acceptors (Lipinski definition) is 3. The van der Waals surface area contributed by atoms with Crippen LogP contribution in [0.25, 0.3) is 0 Å². The van der Waals surface area contributed by atoms with Crippen LogP contribution in [-0.2, 0) is 4.79 Å². The van der Waals surface area contributed by atoms with Crippen molar-refractivity contribution >= 4 is 35.8 Å². The number of nitrogens with zero attached hydrogens (tertiary/aromatic N) is 2. The van der Waals surface area contributed by atoms with Crippen molar-refractivity contribution in [2.45, 2.75) is 19.8 Å². The van der Waals surface area contributed by atoms with E-state index in [1.165, 1.54) is 0 Å². The molecule has 2 N–H and O–H groups in total. The summed E-state index contributed by atoms with van der Waals surface area (Å²) in [5.41, 5.74) is 0. The van der Waals surface area contributed by atoms with Crippen molar-refractivity contribution in [3.05, 3.63) is 30.3 Å². The summed E-state index contributed by atoms with van der Waals surface area (Å²) in [5.74, 6) is 1.71. The zero-order valence-electron chi connectivity index (χ0n) is 14.7. The van der Waals surface area contributed by atoms with Crippen molar-refractivity contribution < 1.29 is 9.53 Å². The number of rotatable bonds is 9. The minimum Gasteiger partial charge on any atom is -0.494 e. The topological polar surface area (TPSA) is 66.0 Å². The number of carbonyl (C=O) groups is 1. The van der Waals surface area contributed by atoms with Crippen LogP contribution in [0.4, 0.5) is 0 Å². The smallest absolute Gasteiger partial charge is 0.223 e. The Morgan fingerprint density at radius 2 is 1.92 bits per heavy atom. The van der Waals surface area contributed by atoms with Crippen molar-refractivity contribution in [2.75, 3.05) is 40.3 Å². The number of ether oxygens (including phenoxy) is 1. The Hall–Kier alpha value is -1.51. The fourth-order valence-corrected chi connectivity index (χ4v) is 1.82. The second-order valence-corrected chi connectivity index (χ2v) is 5.24. The van der Waals surface area contributed by atoms with Gasteiger partial charge in [-0.2, -0.15) is 0 Å². The van der Waals surface area contributed by atoms with E-state index < -0.39 is 0 Å². The number of hydrogen-bond donors (Lipinski definition) is 2. The molecule has 0 aliphatic heterocycles. The van der Waals surface area contributed by atoms with Gasteiger partial charge in [0.1, 0.15) is 5.75 Å². The molecular formula is C17H29IN4O2. The summed E-state index contributed by atoms with van der Waals surface area (Å²) >= 11 is 0. The van der Waals surface area contributed by atoms with Crippen LogP contribution < -0.4 is 15.4 Å². The number of guanidine groups is 1. The van der Waals surface area contributed by atoms with Crippen LogP contribution in [0.5, 0.6) is 5.75 Å². The van der Waals surface area contributed by atoms with Gasteiger partial charge in [-0.05, 0) is 19.1 Å². The van der Waals surface area contributed by atoms with Gasteiger partial charge in [-0.15, -0.1) is 24.0 Å². The van der Waals surface area contributed by atoms with Gasteiger partial charge >= 0.3 is 0 Å². The van der Waals surface area contributed by atoms with Crippen LogP contribution in [0.3, 0.4) is 0 Å². The number of amides is 1. The third kappa shape index (κ3) is 10.3. The first-order chi connectivity index (χ1) is 11.1. The average molecular weight is 448 g/mol. The number of para-hydroxylation sites is 1. The fraction of sp³-hybridized carbons (Fsp3) is 0.529. The average Bonchev–Trinajstić information content (AvgIpc) is 2.55. The maximum atomic E-state index is 11.5. The van der Waals surface area contributed by atoms with Crippen LogP contribution in [0, 0.1) is 0 Å². The molecule has 136 valence electrons. The molecular weight excluding hydrogens is 419 g/mol. The Labute approximate surface area is 162 Å². The summed E-state index contributed by atoms with van der Waals surface area (Å²) in [5, 5.41) is 6.33. The highest BCUT2D eigenvalue weighted by molar-refractivity contribution is 14.0. The standard InChI is InChI=1S/C17H28N4O2.HI/c1-4-18-17(20-13-11-16(22)21(2)3)19-12-8-14-23-15-9-6-5-7-10-15;/h5-7,9-10H,4,8,11-14H2,1-3H3,(H2,18,19,20);1H. The lowest BCUT2D eigenvalue weighted by molar-refractivity contribution is -0.128. The molecule has 0 fully saturated rings. The van der Waals surface area contributed by atoms with E-state index in [-0.39, 0.29) is 29.9 Å². The first kappa shape index (κ1) is 22.5. The lowest BCUT2D eigenvalue weighted by Gasteiger charge is -2.13. The maximum Gasteiger partial charge on any atom is 0.223 e. The third-order valence-corrected chi connectivity index (χ3v) is 3.06. The summed E-state index contributed by atoms with van der Waals surface area (Å²) in [6.45, 7) is 4.67. The van der Waals surface area contributed by atoms with Gasteiger partial charge in [0.15, 0.2) is 5.96 Å². The molecule has 1 rings (SSSR count). The Kier molecular flexibility index (Phi) is 13.0. The lowest BCUT2D eigenvalue weighted by atomic mass is 10.3. The number of benzene rings is 1. The molecule has 0 heterocycles. The first-order valence-electron chi connectivity index (χ1n) is 8.03. The highest BCUT2D eigenvalue weighted by Crippen LogP contribution is 2.08. The van der Waals surface area contributed by atoms with E-state index in [1.807, 2.05) is 37.3 Å². The first-order valence-corrected chi connectivity index (χ1v) is 8.03. The molecule has 1 aromatic carbocycles. The van der Waals surface area contributed by atoms with Crippen LogP contribution in [0.15, 0.2) is 35.3 Å². The van der Waals surface area contributed by atoms with Gasteiger partial charge in [-0.3, -0.25) is 9.79 Å². The minimum atomic E-state index is 0. The fourth-order valence-electron chi connectivity index (χ4n) is 1.82. The predicted molar refractivity (Wildman–Crippen MR) is 109 cm³/mol. The van der Waals surface area contributed by atoms with Gasteiger partial charge in [-0.25, -0.2) is 0 Å². The van der Waals surface area contributed by atoms with Crippen molar-refractivity contribution in [3.8, 4) is 5.75 Å². The minimum absolute atomic E-state index is 0. The van der Waals surface area contributed by atoms with E-state index >= 15 is 0 Å². The molecule has 0 aliphatic carbocycles. The molecule has 0 unspecified atom stereocenters. The van der Waals surface area contributed by atoms with Gasteiger partial charge in [0.25, 0.3) is 0 Å². The molecule has 1 aromatic rings. The van der Waals surface area contributed by atoms with E-state index in [9.17, 15) is 4.79 Å². The van der Waals surface area contributed by atoms with Crippen LogP contribution in [0.2, 0.25) is 0 Å². The predicted octanol–water partition coefficient (Wildman–Crippen LogP) is 2.11. The molecule has 0 saturated carbocycles. The van der Waals surface area contributed by atoms with Crippen LogP contribution in [0.1, 0.15) is 19.8 Å². The van der Waals surface area contributed by atoms with E-state index in [4.69, 9.17) is 4.74 Å². The molecule has 6 nitrogen and oxygen atoms in total. The molecule has 0 saturated heterocycles. The third-order valence-electron chi connectivity index (χ3n) is 3.06. The van der Waals surface area contributed by atoms with Gasteiger partial charge < -0.3 is 20.3 Å². The van der Waals surface area contributed by atoms with E-state index in [0.29, 0.717) is 26.1 Å². The van der Waals surface area contributed by atoms with Crippen molar-refractivity contribution in [1.29, 1.82) is 0 Å². The van der Waals surface area contributed by atoms with E-state index in [0.717, 1.165) is 24.7 Å². The number of carbonyl (C=O) groups excluding carboxylic acids is 1. The number of nitrogens with one attached hydrogen (secondary N) is 2. The zero-order chi connectivity index (χ0) is 16.9. The summed E-state index contributed by atoms with van der Waals surface area (Å²) in [6.07, 6.45) is 1.29. The number of aliphatic imine (C=N–C) groups is 1. The summed E-state index contributed by atoms with van der Waals surface area (Å²) in [6, 6.07) is 9.76. The van der Waals surface area contributed by atoms with Gasteiger partial charge in [-0.1, -0.05) is 18.2 Å². The molecule has 24 heavy (non-hydrogen) atoms. The Balaban J connectivity index is 0.00000529. The van der Waals surface area contributed by atoms with Crippen molar-refractivity contribution in [3.63, 3.8) is 0 Å². The van der Waals surface area contributed by atoms with Crippen LogP contribution in [-0.4, -0.2) is 57.1 Å². The SMILES string of the molecule is CCNC(=NCCCOc1ccccc1)NCCC(=O)N(C)C.I. The quantitative estimate of drug-likeness (QED) is 0.263. The highest BCUT2D eigenvalue weighted by atomic mass is 127. The Morgan fingerprint density at radius 1 is 1.21 bits per heavy atom. The highest BCUT2D eigenvalue weighted by Gasteiger charge is 2.04. The van der Waals surface area contributed by atoms with Crippen molar-refractivity contribution in [1.82, 2.24) is 15.5 Å². The second-order valence-electron chi connectivity index (χ2n) is 5.24. The van der Waals surface area contributed by atoms with Crippen LogP contribution >= 0.6 is 24.0 Å². The molecule has 0 aliphatic rings. The monoisotopic (exact) mass is 448 g/mol. The second kappa shape index (κ2) is 13.9. The number of halogens is 1. The van der Waals surface area contributed by atoms with Crippen molar-refractivity contribution in [2.24, 2.45) is 4.99 Å². The zero-order valence-corrected chi connectivity index (χ0v) is 17.1. The lowest BCUT2D eigenvalue weighted by Crippen LogP contribution is -2.39. The Bertz CT molecular complexity index is 481.